The van der Waals surface area contributed by atoms with Crippen LogP contribution in [0.1, 0.15) is 35.3 Å². The lowest BCUT2D eigenvalue weighted by molar-refractivity contribution is -0.121. The first-order valence-corrected chi connectivity index (χ1v) is 9.96. The molecule has 1 fully saturated rings. The molecule has 3 rings (SSSR count). The molecule has 5 nitrogen and oxygen atoms in total. The van der Waals surface area contributed by atoms with Crippen LogP contribution in [0.15, 0.2) is 58.4 Å². The second kappa shape index (κ2) is 8.89. The van der Waals surface area contributed by atoms with Gasteiger partial charge < -0.3 is 4.74 Å². The molecule has 0 spiro atoms. The van der Waals surface area contributed by atoms with Crippen LogP contribution >= 0.6 is 11.8 Å². The topological polar surface area (TPSA) is 59.0 Å². The molecule has 0 bridgehead atoms. The summed E-state index contributed by atoms with van der Waals surface area (Å²) in [7, 11) is 1.73. The molecule has 0 unspecified atom stereocenters. The predicted octanol–water partition coefficient (Wildman–Crippen LogP) is 4.66. The van der Waals surface area contributed by atoms with Crippen LogP contribution in [-0.4, -0.2) is 35.6 Å². The Hall–Kier alpha value is -2.86. The number of thioether (sulfide) groups is 1. The number of para-hydroxylation sites is 1. The van der Waals surface area contributed by atoms with E-state index >= 15 is 0 Å². The lowest BCUT2D eigenvalue weighted by atomic mass is 10.1. The van der Waals surface area contributed by atoms with Gasteiger partial charge in [0.05, 0.1) is 22.8 Å². The third kappa shape index (κ3) is 4.34. The number of carbonyl (C=O) groups is 2. The Morgan fingerprint density at radius 2 is 1.86 bits per heavy atom. The quantitative estimate of drug-likeness (QED) is 0.547. The minimum absolute atomic E-state index is 0.0906. The number of nitrogens with zero attached hydrogens (tertiary/aromatic N) is 2. The van der Waals surface area contributed by atoms with Gasteiger partial charge in [-0.3, -0.25) is 9.69 Å². The van der Waals surface area contributed by atoms with Gasteiger partial charge in [0, 0.05) is 7.05 Å². The van der Waals surface area contributed by atoms with E-state index in [4.69, 9.17) is 9.73 Å². The van der Waals surface area contributed by atoms with Crippen molar-refractivity contribution in [1.29, 1.82) is 0 Å². The molecule has 1 heterocycles. The molecule has 1 saturated heterocycles. The van der Waals surface area contributed by atoms with Gasteiger partial charge in [-0.05, 0) is 60.5 Å². The smallest absolute Gasteiger partial charge is 0.338 e. The SMILES string of the molecule is CCOC(=O)c1ccc(/C=C2/SC(=Nc3ccccc3CC)N(C)C2=O)cc1. The number of aliphatic imine (C=N–C) groups is 1. The lowest BCUT2D eigenvalue weighted by Gasteiger charge is -2.08. The van der Waals surface area contributed by atoms with Crippen LogP contribution in [0, 0.1) is 0 Å². The van der Waals surface area contributed by atoms with E-state index in [2.05, 4.69) is 6.92 Å². The molecule has 0 aromatic heterocycles. The minimum Gasteiger partial charge on any atom is -0.462 e. The first-order valence-electron chi connectivity index (χ1n) is 9.14. The van der Waals surface area contributed by atoms with Crippen molar-refractivity contribution in [2.45, 2.75) is 20.3 Å². The average Bonchev–Trinajstić information content (AvgIpc) is 2.97. The largest absolute Gasteiger partial charge is 0.462 e. The fourth-order valence-corrected chi connectivity index (χ4v) is 3.73. The van der Waals surface area contributed by atoms with Crippen molar-refractivity contribution in [3.63, 3.8) is 0 Å². The highest BCUT2D eigenvalue weighted by Crippen LogP contribution is 2.34. The summed E-state index contributed by atoms with van der Waals surface area (Å²) in [6.45, 7) is 4.19. The Labute approximate surface area is 169 Å². The second-order valence-corrected chi connectivity index (χ2v) is 7.20. The Kier molecular flexibility index (Phi) is 6.31. The summed E-state index contributed by atoms with van der Waals surface area (Å²) in [5.74, 6) is -0.441. The molecule has 2 aromatic rings. The maximum Gasteiger partial charge on any atom is 0.338 e. The van der Waals surface area contributed by atoms with E-state index in [-0.39, 0.29) is 11.9 Å². The number of ether oxygens (including phenoxy) is 1. The van der Waals surface area contributed by atoms with E-state index < -0.39 is 0 Å². The highest BCUT2D eigenvalue weighted by atomic mass is 32.2. The summed E-state index contributed by atoms with van der Waals surface area (Å²) >= 11 is 1.35. The van der Waals surface area contributed by atoms with Crippen LogP contribution in [0.3, 0.4) is 0 Å². The van der Waals surface area contributed by atoms with Gasteiger partial charge in [-0.2, -0.15) is 0 Å². The molecular weight excluding hydrogens is 372 g/mol. The van der Waals surface area contributed by atoms with Crippen molar-refractivity contribution in [3.8, 4) is 0 Å². The molecule has 0 atom stereocenters. The highest BCUT2D eigenvalue weighted by molar-refractivity contribution is 8.18. The maximum atomic E-state index is 12.6. The predicted molar refractivity (Wildman–Crippen MR) is 114 cm³/mol. The highest BCUT2D eigenvalue weighted by Gasteiger charge is 2.30. The summed E-state index contributed by atoms with van der Waals surface area (Å²) in [5.41, 5.74) is 3.35. The van der Waals surface area contributed by atoms with Crippen LogP contribution in [0.4, 0.5) is 5.69 Å². The molecule has 1 aliphatic heterocycles. The zero-order valence-electron chi connectivity index (χ0n) is 16.1. The summed E-state index contributed by atoms with van der Waals surface area (Å²) in [6, 6.07) is 14.9. The number of likely N-dealkylation sites (N-methyl/N-ethyl adjacent to an activating group) is 1. The molecule has 0 saturated carbocycles. The standard InChI is InChI=1S/C22H22N2O3S/c1-4-16-8-6-7-9-18(16)23-22-24(3)20(25)19(28-22)14-15-10-12-17(13-11-15)21(26)27-5-2/h6-14H,4-5H2,1-3H3/b19-14+,23-22?. The molecule has 6 heteroatoms. The van der Waals surface area contributed by atoms with Gasteiger partial charge in [0.25, 0.3) is 5.91 Å². The first-order chi connectivity index (χ1) is 13.5. The lowest BCUT2D eigenvalue weighted by Crippen LogP contribution is -2.23. The maximum absolute atomic E-state index is 12.6. The third-order valence-corrected chi connectivity index (χ3v) is 5.37. The van der Waals surface area contributed by atoms with E-state index in [1.807, 2.05) is 30.3 Å². The molecule has 144 valence electrons. The molecule has 28 heavy (non-hydrogen) atoms. The van der Waals surface area contributed by atoms with Gasteiger partial charge in [-0.15, -0.1) is 0 Å². The Morgan fingerprint density at radius 1 is 1.14 bits per heavy atom. The van der Waals surface area contributed by atoms with Crippen molar-refractivity contribution in [2.75, 3.05) is 13.7 Å². The molecule has 0 radical (unpaired) electrons. The molecule has 0 N–H and O–H groups in total. The van der Waals surface area contributed by atoms with Crippen molar-refractivity contribution in [2.24, 2.45) is 4.99 Å². The van der Waals surface area contributed by atoms with Gasteiger partial charge in [0.2, 0.25) is 0 Å². The average molecular weight is 394 g/mol. The number of amidine groups is 1. The van der Waals surface area contributed by atoms with E-state index in [9.17, 15) is 9.59 Å². The zero-order chi connectivity index (χ0) is 20.1. The van der Waals surface area contributed by atoms with Crippen molar-refractivity contribution in [3.05, 3.63) is 70.1 Å². The first kappa shape index (κ1) is 19.9. The molecule has 1 amide bonds. The number of carbonyl (C=O) groups excluding carboxylic acids is 2. The van der Waals surface area contributed by atoms with Gasteiger partial charge in [-0.1, -0.05) is 37.3 Å². The summed E-state index contributed by atoms with van der Waals surface area (Å²) in [4.78, 5) is 31.2. The van der Waals surface area contributed by atoms with Crippen LogP contribution in [0.25, 0.3) is 6.08 Å². The number of rotatable bonds is 5. The molecule has 2 aromatic carbocycles. The molecule has 1 aliphatic rings. The van der Waals surface area contributed by atoms with Gasteiger partial charge in [-0.25, -0.2) is 9.79 Å². The van der Waals surface area contributed by atoms with Gasteiger partial charge >= 0.3 is 5.97 Å². The minimum atomic E-state index is -0.350. The molecule has 0 aliphatic carbocycles. The van der Waals surface area contributed by atoms with Gasteiger partial charge in [0.15, 0.2) is 5.17 Å². The Bertz CT molecular complexity index is 949. The Balaban J connectivity index is 1.83. The number of aryl methyl sites for hydroxylation is 1. The number of hydrogen-bond acceptors (Lipinski definition) is 5. The number of benzene rings is 2. The number of amides is 1. The summed E-state index contributed by atoms with van der Waals surface area (Å²) in [6.07, 6.45) is 2.69. The van der Waals surface area contributed by atoms with Crippen molar-refractivity contribution >= 4 is 40.6 Å². The van der Waals surface area contributed by atoms with Crippen LogP contribution in [-0.2, 0) is 16.0 Å². The fourth-order valence-electron chi connectivity index (χ4n) is 2.75. The van der Waals surface area contributed by atoms with E-state index in [1.54, 1.807) is 43.1 Å². The van der Waals surface area contributed by atoms with E-state index in [0.717, 1.165) is 23.2 Å². The Morgan fingerprint density at radius 3 is 2.54 bits per heavy atom. The normalized spacial score (nSPS) is 16.8. The second-order valence-electron chi connectivity index (χ2n) is 6.19. The number of esters is 1. The van der Waals surface area contributed by atoms with Crippen molar-refractivity contribution < 1.29 is 14.3 Å². The molecular formula is C22H22N2O3S. The zero-order valence-corrected chi connectivity index (χ0v) is 17.0. The third-order valence-electron chi connectivity index (χ3n) is 4.31. The fraction of sp³-hybridized carbons (Fsp3) is 0.227. The van der Waals surface area contributed by atoms with E-state index in [1.165, 1.54) is 11.8 Å². The monoisotopic (exact) mass is 394 g/mol. The van der Waals surface area contributed by atoms with Crippen LogP contribution < -0.4 is 0 Å². The summed E-state index contributed by atoms with van der Waals surface area (Å²) in [5, 5.41) is 0.653. The van der Waals surface area contributed by atoms with Gasteiger partial charge in [0.1, 0.15) is 0 Å². The van der Waals surface area contributed by atoms with Crippen molar-refractivity contribution in [1.82, 2.24) is 4.90 Å². The van der Waals surface area contributed by atoms with Crippen LogP contribution in [0.2, 0.25) is 0 Å². The van der Waals surface area contributed by atoms with E-state index in [0.29, 0.717) is 22.2 Å². The number of hydrogen-bond donors (Lipinski definition) is 0. The van der Waals surface area contributed by atoms with Crippen LogP contribution in [0.5, 0.6) is 0 Å². The summed E-state index contributed by atoms with van der Waals surface area (Å²) < 4.78 is 4.99.